The summed E-state index contributed by atoms with van der Waals surface area (Å²) in [5.41, 5.74) is 0.502. The lowest BCUT2D eigenvalue weighted by atomic mass is 9.85. The monoisotopic (exact) mass is 300 g/mol. The molecule has 0 unspecified atom stereocenters. The summed E-state index contributed by atoms with van der Waals surface area (Å²) in [6.07, 6.45) is 2.76. The molecule has 7 nitrogen and oxygen atoms in total. The van der Waals surface area contributed by atoms with Crippen molar-refractivity contribution < 1.29 is 19.2 Å². The van der Waals surface area contributed by atoms with Gasteiger partial charge in [-0.15, -0.1) is 0 Å². The van der Waals surface area contributed by atoms with Crippen molar-refractivity contribution in [1.82, 2.24) is 0 Å². The standard InChI is InChI=1S/C15H12N2O5/c1-7-2-3-8(9(6-7)17(20)21)16-14(18)12-10-4-5-11(22-10)13(12)15(16)19/h2-6,10-13H,1H3/t10-,11-,12-,13+/m0/s1. The van der Waals surface area contributed by atoms with Gasteiger partial charge in [-0.3, -0.25) is 19.7 Å². The van der Waals surface area contributed by atoms with Crippen molar-refractivity contribution in [3.05, 3.63) is 46.0 Å². The van der Waals surface area contributed by atoms with E-state index >= 15 is 0 Å². The van der Waals surface area contributed by atoms with E-state index in [1.807, 2.05) is 0 Å². The largest absolute Gasteiger partial charge is 0.365 e. The Hall–Kier alpha value is -2.54. The number of anilines is 1. The van der Waals surface area contributed by atoms with Gasteiger partial charge in [0.25, 0.3) is 5.69 Å². The molecule has 3 aliphatic rings. The Bertz CT molecular complexity index is 726. The normalized spacial score (nSPS) is 32.0. The van der Waals surface area contributed by atoms with Crippen molar-refractivity contribution in [2.45, 2.75) is 19.1 Å². The third kappa shape index (κ3) is 1.54. The third-order valence-corrected chi connectivity index (χ3v) is 4.48. The molecule has 4 atom stereocenters. The van der Waals surface area contributed by atoms with Crippen LogP contribution in [0.3, 0.4) is 0 Å². The van der Waals surface area contributed by atoms with Crippen LogP contribution in [0.1, 0.15) is 5.56 Å². The average Bonchev–Trinajstić information content (AvgIpc) is 3.14. The van der Waals surface area contributed by atoms with Gasteiger partial charge in [0.05, 0.1) is 29.0 Å². The number of nitrogens with zero attached hydrogens (tertiary/aromatic N) is 2. The number of hydrogen-bond donors (Lipinski definition) is 0. The van der Waals surface area contributed by atoms with Gasteiger partial charge in [0.2, 0.25) is 11.8 Å². The molecule has 1 aromatic carbocycles. The number of benzene rings is 1. The molecule has 2 bridgehead atoms. The maximum atomic E-state index is 12.6. The number of aryl methyl sites for hydroxylation is 1. The number of carbonyl (C=O) groups is 2. The molecule has 0 saturated carbocycles. The van der Waals surface area contributed by atoms with Crippen LogP contribution in [0.25, 0.3) is 0 Å². The molecule has 2 fully saturated rings. The van der Waals surface area contributed by atoms with E-state index in [0.29, 0.717) is 5.56 Å². The second-order valence-electron chi connectivity index (χ2n) is 5.76. The molecule has 0 aliphatic carbocycles. The fourth-order valence-corrected chi connectivity index (χ4v) is 3.51. The van der Waals surface area contributed by atoms with Crippen LogP contribution in [-0.2, 0) is 14.3 Å². The maximum Gasteiger partial charge on any atom is 0.293 e. The average molecular weight is 300 g/mol. The number of fused-ring (bicyclic) bond motifs is 5. The molecule has 2 saturated heterocycles. The summed E-state index contributed by atoms with van der Waals surface area (Å²) >= 11 is 0. The van der Waals surface area contributed by atoms with Gasteiger partial charge in [-0.2, -0.15) is 0 Å². The molecule has 7 heteroatoms. The molecular weight excluding hydrogens is 288 g/mol. The Morgan fingerprint density at radius 2 is 1.73 bits per heavy atom. The summed E-state index contributed by atoms with van der Waals surface area (Å²) in [6.45, 7) is 1.72. The molecule has 3 heterocycles. The number of rotatable bonds is 2. The van der Waals surface area contributed by atoms with Crippen LogP contribution in [0.4, 0.5) is 11.4 Å². The lowest BCUT2D eigenvalue weighted by molar-refractivity contribution is -0.384. The summed E-state index contributed by atoms with van der Waals surface area (Å²) in [6, 6.07) is 4.48. The number of nitro groups is 1. The van der Waals surface area contributed by atoms with E-state index in [-0.39, 0.29) is 11.4 Å². The van der Waals surface area contributed by atoms with Crippen molar-refractivity contribution in [3.63, 3.8) is 0 Å². The van der Waals surface area contributed by atoms with E-state index in [1.54, 1.807) is 25.1 Å². The minimum Gasteiger partial charge on any atom is -0.365 e. The van der Waals surface area contributed by atoms with E-state index < -0.39 is 40.8 Å². The van der Waals surface area contributed by atoms with Crippen molar-refractivity contribution in [2.75, 3.05) is 4.90 Å². The second kappa shape index (κ2) is 4.23. The topological polar surface area (TPSA) is 89.8 Å². The van der Waals surface area contributed by atoms with Crippen LogP contribution < -0.4 is 4.90 Å². The van der Waals surface area contributed by atoms with Gasteiger partial charge >= 0.3 is 0 Å². The first-order chi connectivity index (χ1) is 10.5. The first-order valence-corrected chi connectivity index (χ1v) is 6.95. The molecule has 1 aromatic rings. The Morgan fingerprint density at radius 3 is 2.27 bits per heavy atom. The highest BCUT2D eigenvalue weighted by Gasteiger charge is 2.61. The molecule has 22 heavy (non-hydrogen) atoms. The van der Waals surface area contributed by atoms with Gasteiger partial charge in [-0.25, -0.2) is 4.90 Å². The van der Waals surface area contributed by atoms with E-state index in [4.69, 9.17) is 4.74 Å². The van der Waals surface area contributed by atoms with E-state index in [0.717, 1.165) is 4.90 Å². The van der Waals surface area contributed by atoms with Crippen molar-refractivity contribution in [1.29, 1.82) is 0 Å². The Labute approximate surface area is 125 Å². The third-order valence-electron chi connectivity index (χ3n) is 4.48. The van der Waals surface area contributed by atoms with Gasteiger partial charge in [0, 0.05) is 6.07 Å². The number of carbonyl (C=O) groups excluding carboxylic acids is 2. The highest BCUT2D eigenvalue weighted by atomic mass is 16.6. The zero-order chi connectivity index (χ0) is 15.6. The second-order valence-corrected chi connectivity index (χ2v) is 5.76. The van der Waals surface area contributed by atoms with Crippen LogP contribution in [0, 0.1) is 28.9 Å². The van der Waals surface area contributed by atoms with Crippen LogP contribution >= 0.6 is 0 Å². The van der Waals surface area contributed by atoms with Crippen LogP contribution in [0.15, 0.2) is 30.4 Å². The molecular formula is C15H12N2O5. The maximum absolute atomic E-state index is 12.6. The summed E-state index contributed by atoms with van der Waals surface area (Å²) in [5, 5.41) is 11.3. The Morgan fingerprint density at radius 1 is 1.14 bits per heavy atom. The van der Waals surface area contributed by atoms with Gasteiger partial charge in [-0.1, -0.05) is 18.2 Å². The van der Waals surface area contributed by atoms with E-state index in [1.165, 1.54) is 12.1 Å². The van der Waals surface area contributed by atoms with Crippen LogP contribution in [0.2, 0.25) is 0 Å². The number of imide groups is 1. The smallest absolute Gasteiger partial charge is 0.293 e. The van der Waals surface area contributed by atoms with Crippen LogP contribution in [-0.4, -0.2) is 28.9 Å². The first-order valence-electron chi connectivity index (χ1n) is 6.95. The molecule has 0 radical (unpaired) electrons. The Balaban J connectivity index is 1.81. The quantitative estimate of drug-likeness (QED) is 0.356. The predicted molar refractivity (Wildman–Crippen MR) is 75.1 cm³/mol. The van der Waals surface area contributed by atoms with Gasteiger partial charge < -0.3 is 4.74 Å². The molecule has 0 spiro atoms. The van der Waals surface area contributed by atoms with Crippen molar-refractivity contribution in [3.8, 4) is 0 Å². The minimum absolute atomic E-state index is 0.0411. The number of nitro benzene ring substituents is 1. The number of hydrogen-bond acceptors (Lipinski definition) is 5. The molecule has 2 amide bonds. The summed E-state index contributed by atoms with van der Waals surface area (Å²) in [4.78, 5) is 36.9. The zero-order valence-electron chi connectivity index (χ0n) is 11.6. The highest BCUT2D eigenvalue weighted by Crippen LogP contribution is 2.47. The van der Waals surface area contributed by atoms with Crippen molar-refractivity contribution >= 4 is 23.2 Å². The summed E-state index contributed by atoms with van der Waals surface area (Å²) < 4.78 is 5.55. The Kier molecular flexibility index (Phi) is 2.53. The SMILES string of the molecule is Cc1ccc(N2C(=O)[C@@H]3[C@H](C2=O)[C@@H]2C=C[C@@H]3O2)c([N+](=O)[O-])c1. The molecule has 0 N–H and O–H groups in total. The molecule has 3 aliphatic heterocycles. The lowest BCUT2D eigenvalue weighted by Crippen LogP contribution is -2.34. The molecule has 4 rings (SSSR count). The molecule has 0 aromatic heterocycles. The summed E-state index contributed by atoms with van der Waals surface area (Å²) in [5.74, 6) is -1.97. The van der Waals surface area contributed by atoms with Crippen molar-refractivity contribution in [2.24, 2.45) is 11.8 Å². The lowest BCUT2D eigenvalue weighted by Gasteiger charge is -2.17. The fourth-order valence-electron chi connectivity index (χ4n) is 3.51. The number of ether oxygens (including phenoxy) is 1. The first kappa shape index (κ1) is 13.1. The predicted octanol–water partition coefficient (Wildman–Crippen LogP) is 1.35. The van der Waals surface area contributed by atoms with Crippen LogP contribution in [0.5, 0.6) is 0 Å². The van der Waals surface area contributed by atoms with E-state index in [2.05, 4.69) is 0 Å². The van der Waals surface area contributed by atoms with Gasteiger partial charge in [0.15, 0.2) is 0 Å². The minimum atomic E-state index is -0.569. The highest BCUT2D eigenvalue weighted by molar-refractivity contribution is 6.24. The molecule has 112 valence electrons. The number of amides is 2. The summed E-state index contributed by atoms with van der Waals surface area (Å²) in [7, 11) is 0. The van der Waals surface area contributed by atoms with E-state index in [9.17, 15) is 19.7 Å². The fraction of sp³-hybridized carbons (Fsp3) is 0.333. The zero-order valence-corrected chi connectivity index (χ0v) is 11.6. The van der Waals surface area contributed by atoms with Gasteiger partial charge in [0.1, 0.15) is 5.69 Å². The van der Waals surface area contributed by atoms with Gasteiger partial charge in [-0.05, 0) is 18.6 Å².